The number of amides is 1. The molecule has 0 saturated carbocycles. The second-order valence-electron chi connectivity index (χ2n) is 7.62. The number of nitrogens with two attached hydrogens (primary N) is 1. The van der Waals surface area contributed by atoms with Crippen molar-refractivity contribution in [2.45, 2.75) is 45.4 Å². The number of fused-ring (bicyclic) bond motifs is 1. The number of ether oxygens (including phenoxy) is 1. The number of aliphatic hydroxyl groups is 1. The molecule has 0 aliphatic carbocycles. The number of unbranched alkanes of at least 4 members (excludes halogenated alkanes) is 1. The number of nitrogens with zero attached hydrogens (tertiary/aromatic N) is 4. The maximum Gasteiger partial charge on any atom is 0.356 e. The summed E-state index contributed by atoms with van der Waals surface area (Å²) < 4.78 is 7.34. The van der Waals surface area contributed by atoms with Crippen LogP contribution in [0.5, 0.6) is 0 Å². The number of aromatic nitrogens is 3. The number of rotatable bonds is 8. The number of carboxylic acids is 1. The Morgan fingerprint density at radius 1 is 1.44 bits per heavy atom. The molecule has 10 nitrogen and oxygen atoms in total. The number of allylic oxidation sites excluding steroid dienone is 1. The topological polar surface area (TPSA) is 144 Å². The minimum Gasteiger partial charge on any atom is -0.476 e. The van der Waals surface area contributed by atoms with Crippen LogP contribution in [0.4, 0.5) is 0 Å². The lowest BCUT2D eigenvalue weighted by atomic mass is 9.83. The standard InChI is InChI=1S/C17H25N5O5/c1-17(2,6-4-5-7-18)13-11(16(25)26)22-14(24)10(15(22)27-13)12(23)9-8-21(3)20-19-9/h8,10,12,15,23H,4-7,18H2,1-3H3,(H,25,26)/t10-,12+,15+/m0/s1. The molecule has 1 aromatic rings. The average Bonchev–Trinajstić information content (AvgIpc) is 3.17. The highest BCUT2D eigenvalue weighted by Crippen LogP contribution is 2.50. The highest BCUT2D eigenvalue weighted by Gasteiger charge is 2.62. The number of aliphatic carboxylic acids is 1. The van der Waals surface area contributed by atoms with Gasteiger partial charge in [0.2, 0.25) is 5.91 Å². The van der Waals surface area contributed by atoms with Gasteiger partial charge in [-0.1, -0.05) is 25.5 Å². The van der Waals surface area contributed by atoms with Crippen LogP contribution < -0.4 is 5.73 Å². The molecule has 0 unspecified atom stereocenters. The maximum absolute atomic E-state index is 12.6. The third-order valence-electron chi connectivity index (χ3n) is 5.12. The zero-order valence-electron chi connectivity index (χ0n) is 15.6. The normalized spacial score (nSPS) is 23.1. The molecular formula is C17H25N5O5. The van der Waals surface area contributed by atoms with Crippen LogP contribution in [0.1, 0.15) is 44.9 Å². The van der Waals surface area contributed by atoms with Gasteiger partial charge in [0.15, 0.2) is 11.9 Å². The number of hydrogen-bond acceptors (Lipinski definition) is 7. The van der Waals surface area contributed by atoms with E-state index in [2.05, 4.69) is 10.3 Å². The lowest BCUT2D eigenvalue weighted by Gasteiger charge is -2.42. The Hall–Kier alpha value is -2.46. The molecule has 1 aromatic heterocycles. The Labute approximate surface area is 156 Å². The monoisotopic (exact) mass is 379 g/mol. The minimum absolute atomic E-state index is 0.148. The quantitative estimate of drug-likeness (QED) is 0.427. The summed E-state index contributed by atoms with van der Waals surface area (Å²) in [5.74, 6) is -2.38. The van der Waals surface area contributed by atoms with Gasteiger partial charge in [-0.05, 0) is 19.4 Å². The van der Waals surface area contributed by atoms with Crippen LogP contribution in [0, 0.1) is 11.3 Å². The first kappa shape index (κ1) is 19.3. The third-order valence-corrected chi connectivity index (χ3v) is 5.12. The van der Waals surface area contributed by atoms with E-state index >= 15 is 0 Å². The molecule has 1 amide bonds. The lowest BCUT2D eigenvalue weighted by Crippen LogP contribution is -2.61. The van der Waals surface area contributed by atoms with Gasteiger partial charge in [-0.15, -0.1) is 5.10 Å². The van der Waals surface area contributed by atoms with Gasteiger partial charge >= 0.3 is 5.97 Å². The zero-order valence-corrected chi connectivity index (χ0v) is 15.6. The number of aryl methyl sites for hydroxylation is 1. The van der Waals surface area contributed by atoms with E-state index in [1.54, 1.807) is 7.05 Å². The van der Waals surface area contributed by atoms with Crippen LogP contribution in [0.2, 0.25) is 0 Å². The second kappa shape index (κ2) is 6.93. The molecule has 0 radical (unpaired) electrons. The summed E-state index contributed by atoms with van der Waals surface area (Å²) in [5.41, 5.74) is 5.05. The number of aliphatic hydroxyl groups excluding tert-OH is 1. The number of carboxylic acid groups (broad SMARTS) is 1. The van der Waals surface area contributed by atoms with E-state index in [4.69, 9.17) is 10.5 Å². The first-order chi connectivity index (χ1) is 12.7. The van der Waals surface area contributed by atoms with E-state index in [-0.39, 0.29) is 17.2 Å². The van der Waals surface area contributed by atoms with E-state index in [0.29, 0.717) is 13.0 Å². The lowest BCUT2D eigenvalue weighted by molar-refractivity contribution is -0.185. The zero-order chi connectivity index (χ0) is 19.9. The number of hydrogen-bond donors (Lipinski definition) is 3. The molecule has 27 heavy (non-hydrogen) atoms. The average molecular weight is 379 g/mol. The molecule has 148 valence electrons. The summed E-state index contributed by atoms with van der Waals surface area (Å²) in [5, 5.41) is 27.8. The van der Waals surface area contributed by atoms with Gasteiger partial charge in [-0.2, -0.15) is 0 Å². The van der Waals surface area contributed by atoms with Crippen LogP contribution in [0.15, 0.2) is 17.7 Å². The Morgan fingerprint density at radius 3 is 2.70 bits per heavy atom. The predicted octanol–water partition coefficient (Wildman–Crippen LogP) is 0.115. The fourth-order valence-corrected chi connectivity index (χ4v) is 3.62. The van der Waals surface area contributed by atoms with Crippen molar-refractivity contribution in [2.75, 3.05) is 6.54 Å². The van der Waals surface area contributed by atoms with Gasteiger partial charge in [-0.3, -0.25) is 14.4 Å². The summed E-state index contributed by atoms with van der Waals surface area (Å²) in [7, 11) is 1.65. The molecule has 1 fully saturated rings. The first-order valence-corrected chi connectivity index (χ1v) is 8.91. The molecule has 0 bridgehead atoms. The Kier molecular flexibility index (Phi) is 4.96. The molecule has 10 heteroatoms. The van der Waals surface area contributed by atoms with E-state index in [9.17, 15) is 19.8 Å². The molecule has 0 aromatic carbocycles. The smallest absolute Gasteiger partial charge is 0.356 e. The number of carbonyl (C=O) groups is 2. The van der Waals surface area contributed by atoms with Crippen molar-refractivity contribution >= 4 is 11.9 Å². The molecule has 2 aliphatic rings. The molecular weight excluding hydrogens is 354 g/mol. The molecule has 1 saturated heterocycles. The fourth-order valence-electron chi connectivity index (χ4n) is 3.62. The van der Waals surface area contributed by atoms with Crippen molar-refractivity contribution in [3.8, 4) is 0 Å². The fraction of sp³-hybridized carbons (Fsp3) is 0.647. The SMILES string of the molecule is Cn1cc([C@@H](O)[C@H]2C(=O)N3C(C(=O)O)=C(C(C)(C)CCCCN)O[C@H]23)nn1. The second-order valence-corrected chi connectivity index (χ2v) is 7.62. The van der Waals surface area contributed by atoms with E-state index in [1.165, 1.54) is 10.9 Å². The first-order valence-electron chi connectivity index (χ1n) is 8.91. The Balaban J connectivity index is 1.84. The molecule has 3 atom stereocenters. The number of β-lactam (4-membered cyclic amide) rings is 1. The van der Waals surface area contributed by atoms with Gasteiger partial charge in [0, 0.05) is 12.5 Å². The molecule has 4 N–H and O–H groups in total. The molecule has 3 rings (SSSR count). The number of carbonyl (C=O) groups excluding carboxylic acids is 1. The van der Waals surface area contributed by atoms with Crippen LogP contribution in [0.25, 0.3) is 0 Å². The van der Waals surface area contributed by atoms with Crippen LogP contribution in [-0.4, -0.2) is 54.8 Å². The predicted molar refractivity (Wildman–Crippen MR) is 92.5 cm³/mol. The van der Waals surface area contributed by atoms with Crippen molar-refractivity contribution in [3.63, 3.8) is 0 Å². The highest BCUT2D eigenvalue weighted by molar-refractivity contribution is 5.98. The summed E-state index contributed by atoms with van der Waals surface area (Å²) in [6, 6.07) is 0. The summed E-state index contributed by atoms with van der Waals surface area (Å²) in [6.07, 6.45) is 1.74. The van der Waals surface area contributed by atoms with Crippen molar-refractivity contribution in [3.05, 3.63) is 23.3 Å². The van der Waals surface area contributed by atoms with Crippen LogP contribution >= 0.6 is 0 Å². The molecule has 0 spiro atoms. The van der Waals surface area contributed by atoms with Gasteiger partial charge < -0.3 is 20.7 Å². The van der Waals surface area contributed by atoms with Gasteiger partial charge in [-0.25, -0.2) is 4.79 Å². The third kappa shape index (κ3) is 3.19. The van der Waals surface area contributed by atoms with Crippen LogP contribution in [0.3, 0.4) is 0 Å². The van der Waals surface area contributed by atoms with E-state index in [1.807, 2.05) is 13.8 Å². The molecule has 3 heterocycles. The maximum atomic E-state index is 12.6. The van der Waals surface area contributed by atoms with Gasteiger partial charge in [0.25, 0.3) is 0 Å². The summed E-state index contributed by atoms with van der Waals surface area (Å²) in [4.78, 5) is 25.6. The minimum atomic E-state index is -1.22. The van der Waals surface area contributed by atoms with Crippen LogP contribution in [-0.2, 0) is 21.4 Å². The largest absolute Gasteiger partial charge is 0.476 e. The van der Waals surface area contributed by atoms with Gasteiger partial charge in [0.1, 0.15) is 23.5 Å². The van der Waals surface area contributed by atoms with E-state index < -0.39 is 35.5 Å². The van der Waals surface area contributed by atoms with Crippen molar-refractivity contribution in [1.29, 1.82) is 0 Å². The van der Waals surface area contributed by atoms with Crippen molar-refractivity contribution in [2.24, 2.45) is 24.1 Å². The van der Waals surface area contributed by atoms with Crippen molar-refractivity contribution in [1.82, 2.24) is 19.9 Å². The summed E-state index contributed by atoms with van der Waals surface area (Å²) >= 11 is 0. The summed E-state index contributed by atoms with van der Waals surface area (Å²) in [6.45, 7) is 4.32. The van der Waals surface area contributed by atoms with E-state index in [0.717, 1.165) is 17.7 Å². The Bertz CT molecular complexity index is 786. The Morgan fingerprint density at radius 2 is 2.15 bits per heavy atom. The van der Waals surface area contributed by atoms with Gasteiger partial charge in [0.05, 0.1) is 6.20 Å². The van der Waals surface area contributed by atoms with Crippen molar-refractivity contribution < 1.29 is 24.5 Å². The molecule has 2 aliphatic heterocycles. The highest BCUT2D eigenvalue weighted by atomic mass is 16.5.